The van der Waals surface area contributed by atoms with Crippen molar-refractivity contribution in [3.8, 4) is 17.2 Å². The van der Waals surface area contributed by atoms with Crippen molar-refractivity contribution in [1.82, 2.24) is 56.3 Å². The fourth-order valence-corrected chi connectivity index (χ4v) is 13.3. The summed E-state index contributed by atoms with van der Waals surface area (Å²) in [7, 11) is 10.6. The summed E-state index contributed by atoms with van der Waals surface area (Å²) in [5, 5.41) is 31.1. The van der Waals surface area contributed by atoms with Crippen LogP contribution in [0.5, 0.6) is 17.2 Å². The molecule has 24 heteroatoms. The maximum Gasteiger partial charge on any atom is 0.235 e. The first-order valence-electron chi connectivity index (χ1n) is 31.9. The third kappa shape index (κ3) is 16.2. The van der Waals surface area contributed by atoms with Gasteiger partial charge in [0, 0.05) is 72.0 Å². The molecule has 3 atom stereocenters. The molecule has 5 saturated heterocycles. The van der Waals surface area contributed by atoms with Gasteiger partial charge in [0.05, 0.1) is 33.9 Å². The summed E-state index contributed by atoms with van der Waals surface area (Å²) < 4.78 is 34.3. The average molecular weight is 1470 g/mol. The van der Waals surface area contributed by atoms with Gasteiger partial charge in [0.2, 0.25) is 35.4 Å². The Morgan fingerprint density at radius 2 is 0.800 bits per heavy atom. The largest absolute Gasteiger partial charge is 0.492 e. The zero-order valence-corrected chi connectivity index (χ0v) is 57.1. The molecule has 3 aromatic heterocycles. The Balaban J connectivity index is 0.000000166. The van der Waals surface area contributed by atoms with E-state index in [2.05, 4.69) is 84.5 Å². The van der Waals surface area contributed by atoms with Gasteiger partial charge in [0.15, 0.2) is 16.7 Å². The fourth-order valence-electron chi connectivity index (χ4n) is 13.3. The third-order valence-electron chi connectivity index (χ3n) is 18.7. The predicted molar refractivity (Wildman–Crippen MR) is 360 cm³/mol. The van der Waals surface area contributed by atoms with Gasteiger partial charge in [-0.15, -0.1) is 0 Å². The number of rotatable bonds is 17. The monoisotopic (exact) mass is 1470 g/mol. The predicted octanol–water partition coefficient (Wildman–Crippen LogP) is 9.00. The Kier molecular flexibility index (Phi) is 24.0. The molecule has 5 aliphatic rings. The number of amides is 6. The number of aromatic nitrogens is 3. The van der Waals surface area contributed by atoms with Gasteiger partial charge in [-0.3, -0.25) is 54.5 Å². The molecule has 4 N–H and O–H groups in total. The average Bonchev–Trinajstić information content (AvgIpc) is 1.69. The number of ether oxygens (including phenoxy) is 3. The Morgan fingerprint density at radius 1 is 0.484 bits per heavy atom. The fraction of sp³-hybridized carbons (Fsp3) is 0.437. The van der Waals surface area contributed by atoms with Crippen LogP contribution in [-0.2, 0) is 49.8 Å². The van der Waals surface area contributed by atoms with E-state index < -0.39 is 17.8 Å². The van der Waals surface area contributed by atoms with Crippen LogP contribution in [-0.4, -0.2) is 183 Å². The number of piperidine rings is 5. The Labute approximate surface area is 566 Å². The zero-order chi connectivity index (χ0) is 64.0. The van der Waals surface area contributed by atoms with Crippen molar-refractivity contribution in [2.75, 3.05) is 101 Å². The van der Waals surface area contributed by atoms with Crippen LogP contribution in [0.25, 0.3) is 65.2 Å². The summed E-state index contributed by atoms with van der Waals surface area (Å²) in [4.78, 5) is 81.1. The second kappa shape index (κ2) is 32.0. The molecule has 8 heterocycles. The molecule has 14 rings (SSSR count). The van der Waals surface area contributed by atoms with Crippen LogP contribution in [0.4, 0.5) is 0 Å². The molecule has 0 aliphatic carbocycles. The van der Waals surface area contributed by atoms with Crippen LogP contribution in [0.1, 0.15) is 106 Å². The molecule has 6 amide bonds. The minimum absolute atomic E-state index is 0. The number of likely N-dealkylation sites (N-methyl/N-ethyl adjacent to an activating group) is 3. The van der Waals surface area contributed by atoms with Crippen molar-refractivity contribution in [3.63, 3.8) is 0 Å². The number of nitrogens with one attached hydrogen (secondary N) is 4. The summed E-state index contributed by atoms with van der Waals surface area (Å²) in [6, 6.07) is 30.5. The number of carbonyl (C=O) groups excluding carboxylic acids is 6. The number of carbonyl (C=O) groups is 6. The van der Waals surface area contributed by atoms with Crippen molar-refractivity contribution in [2.45, 2.75) is 101 Å². The van der Waals surface area contributed by atoms with Crippen molar-refractivity contribution < 1.29 is 77.6 Å². The van der Waals surface area contributed by atoms with Gasteiger partial charge < -0.3 is 50.3 Å². The molecular weight excluding hydrogens is 1380 g/mol. The van der Waals surface area contributed by atoms with Crippen molar-refractivity contribution in [3.05, 3.63) is 116 Å². The Bertz CT molecular complexity index is 4030. The van der Waals surface area contributed by atoms with Gasteiger partial charge in [-0.25, -0.2) is 0 Å². The number of likely N-dealkylation sites (tertiary alicyclic amines) is 2. The maximum absolute atomic E-state index is 12.4. The van der Waals surface area contributed by atoms with Crippen molar-refractivity contribution in [2.24, 2.45) is 0 Å². The molecule has 3 unspecified atom stereocenters. The molecule has 9 aromatic rings. The van der Waals surface area contributed by atoms with Crippen LogP contribution in [0.15, 0.2) is 105 Å². The van der Waals surface area contributed by atoms with Gasteiger partial charge in [0.1, 0.15) is 54.2 Å². The van der Waals surface area contributed by atoms with Gasteiger partial charge >= 0.3 is 0 Å². The van der Waals surface area contributed by atoms with Crippen molar-refractivity contribution >= 4 is 101 Å². The number of nitrogens with zero attached hydrogens (tertiary/aromatic N) is 7. The summed E-state index contributed by atoms with van der Waals surface area (Å²) >= 11 is 0. The second-order valence-corrected chi connectivity index (χ2v) is 24.9. The van der Waals surface area contributed by atoms with E-state index in [4.69, 9.17) is 27.8 Å². The first-order chi connectivity index (χ1) is 44.7. The quantitative estimate of drug-likeness (QED) is 0.0376. The summed E-state index contributed by atoms with van der Waals surface area (Å²) in [5.74, 6) is -0.699. The summed E-state index contributed by atoms with van der Waals surface area (Å²) in [5.41, 5.74) is 3.66. The molecule has 0 spiro atoms. The van der Waals surface area contributed by atoms with E-state index in [-0.39, 0.29) is 71.4 Å². The molecular formula is C71H86N11O12W-. The Hall–Kier alpha value is -8.18. The first-order valence-corrected chi connectivity index (χ1v) is 31.9. The normalized spacial score (nSPS) is 19.2. The minimum atomic E-state index is -0.486. The van der Waals surface area contributed by atoms with E-state index in [1.165, 1.54) is 25.7 Å². The van der Waals surface area contributed by atoms with Crippen molar-refractivity contribution in [1.29, 1.82) is 0 Å². The molecule has 0 bridgehead atoms. The number of imide groups is 3. The standard InChI is InChI=1S/2C25H30N4O4.C19H19N3O4.CH4.CH3.W/c2*1-28-11-9-17(10-12-28)29(2)13-14-32-18-4-5-19-16(15-18)3-7-21-23(19)24(27-33-21)20-6-8-22(30)26-25(20)31;1-20-8-9-25-12-3-4-13-11(10-12)2-6-15-17(13)18(22-26-15)14-5-7-16(23)21-19(14)24;;;/h2*3-5,7,15,17,20H,6,8-14H2,1-2H3,(H,26,30,31);2-4,6,10,14,20H,5,7-9H2,1H3,(H,21,23,24);1H4;1H3;/q;;;;-1;. The van der Waals surface area contributed by atoms with E-state index in [1.807, 2.05) is 98.0 Å². The zero-order valence-electron chi connectivity index (χ0n) is 54.1. The minimum Gasteiger partial charge on any atom is -0.492 e. The van der Waals surface area contributed by atoms with E-state index in [9.17, 15) is 28.8 Å². The van der Waals surface area contributed by atoms with E-state index >= 15 is 0 Å². The van der Waals surface area contributed by atoms with Crippen LogP contribution in [0.3, 0.4) is 0 Å². The molecule has 504 valence electrons. The molecule has 95 heavy (non-hydrogen) atoms. The number of fused-ring (bicyclic) bond motifs is 9. The molecule has 23 nitrogen and oxygen atoms in total. The van der Waals surface area contributed by atoms with Crippen LogP contribution < -0.4 is 35.5 Å². The second-order valence-electron chi connectivity index (χ2n) is 24.9. The number of hydrogen-bond donors (Lipinski definition) is 4. The van der Waals surface area contributed by atoms with Gasteiger partial charge in [-0.05, 0) is 211 Å². The van der Waals surface area contributed by atoms with E-state index in [1.54, 1.807) is 0 Å². The number of benzene rings is 6. The molecule has 6 aromatic carbocycles. The maximum atomic E-state index is 12.4. The third-order valence-corrected chi connectivity index (χ3v) is 18.7. The Morgan fingerprint density at radius 3 is 1.11 bits per heavy atom. The molecule has 0 saturated carbocycles. The van der Waals surface area contributed by atoms with Crippen LogP contribution in [0.2, 0.25) is 0 Å². The summed E-state index contributed by atoms with van der Waals surface area (Å²) in [6.07, 6.45) is 7.04. The number of hydrogen-bond acceptors (Lipinski definition) is 20. The van der Waals surface area contributed by atoms with Gasteiger partial charge in [-0.1, -0.05) is 41.1 Å². The topological polar surface area (TPSA) is 269 Å². The van der Waals surface area contributed by atoms with Crippen LogP contribution >= 0.6 is 0 Å². The van der Waals surface area contributed by atoms with E-state index in [0.29, 0.717) is 104 Å². The summed E-state index contributed by atoms with van der Waals surface area (Å²) in [6.45, 7) is 8.99. The smallest absolute Gasteiger partial charge is 0.235 e. The van der Waals surface area contributed by atoms with Crippen LogP contribution in [0, 0.1) is 7.43 Å². The van der Waals surface area contributed by atoms with E-state index in [0.717, 1.165) is 112 Å². The van der Waals surface area contributed by atoms with Gasteiger partial charge in [0.25, 0.3) is 0 Å². The first kappa shape index (κ1) is 71.1. The molecule has 5 aliphatic heterocycles. The van der Waals surface area contributed by atoms with Gasteiger partial charge in [-0.2, -0.15) is 0 Å². The molecule has 0 radical (unpaired) electrons. The molecule has 5 fully saturated rings. The SMILES string of the molecule is C.CN1CCC(N(C)CCOc2ccc3c(ccc4onc(C5CCC(=O)NC5=O)c43)c2)CC1.CN1CCC(N(C)CCOc2ccc3c(ccc4onc(C5CCC(=O)NC5=O)c43)c2)CC1.CNCCOc1ccc2c(ccc3onc(C4CCC(=O)NC4=O)c32)c1.[CH3-].[W].